The van der Waals surface area contributed by atoms with Crippen LogP contribution in [0.5, 0.6) is 0 Å². The highest BCUT2D eigenvalue weighted by Crippen LogP contribution is 2.14. The van der Waals surface area contributed by atoms with Crippen molar-refractivity contribution in [3.63, 3.8) is 0 Å². The van der Waals surface area contributed by atoms with Crippen LogP contribution < -0.4 is 5.32 Å². The molecule has 1 saturated heterocycles. The largest absolute Gasteiger partial charge is 0.316 e. The normalized spacial score (nSPS) is 22.8. The van der Waals surface area contributed by atoms with Crippen LogP contribution in [0.2, 0.25) is 0 Å². The van der Waals surface area contributed by atoms with Crippen LogP contribution in [0.3, 0.4) is 0 Å². The van der Waals surface area contributed by atoms with Crippen molar-refractivity contribution >= 4 is 22.4 Å². The SMILES string of the molecule is CNC1CCCN(S(=O)(=O)CCCF)C1.Cl. The van der Waals surface area contributed by atoms with Gasteiger partial charge in [-0.05, 0) is 26.3 Å². The summed E-state index contributed by atoms with van der Waals surface area (Å²) in [6, 6.07) is 0.235. The molecule has 16 heavy (non-hydrogen) atoms. The molecule has 0 radical (unpaired) electrons. The smallest absolute Gasteiger partial charge is 0.214 e. The molecule has 98 valence electrons. The van der Waals surface area contributed by atoms with Crippen LogP contribution in [0.25, 0.3) is 0 Å². The van der Waals surface area contributed by atoms with Crippen molar-refractivity contribution in [2.75, 3.05) is 32.6 Å². The standard InChI is InChI=1S/C9H19FN2O2S.ClH/c1-11-9-4-2-6-12(8-9)15(13,14)7-3-5-10;/h9,11H,2-8H2,1H3;1H. The fourth-order valence-electron chi connectivity index (χ4n) is 1.80. The zero-order valence-corrected chi connectivity index (χ0v) is 11.1. The van der Waals surface area contributed by atoms with Crippen molar-refractivity contribution in [2.45, 2.75) is 25.3 Å². The molecule has 7 heteroatoms. The fourth-order valence-corrected chi connectivity index (χ4v) is 3.34. The number of nitrogens with one attached hydrogen (secondary N) is 1. The molecule has 4 nitrogen and oxygen atoms in total. The van der Waals surface area contributed by atoms with Gasteiger partial charge in [-0.15, -0.1) is 12.4 Å². The number of likely N-dealkylation sites (N-methyl/N-ethyl adjacent to an activating group) is 1. The second-order valence-corrected chi connectivity index (χ2v) is 5.93. The lowest BCUT2D eigenvalue weighted by Gasteiger charge is -2.31. The number of hydrogen-bond donors (Lipinski definition) is 1. The molecule has 1 aliphatic heterocycles. The minimum Gasteiger partial charge on any atom is -0.316 e. The molecule has 1 atom stereocenters. The Bertz CT molecular complexity index is 287. The van der Waals surface area contributed by atoms with Crippen LogP contribution >= 0.6 is 12.4 Å². The van der Waals surface area contributed by atoms with E-state index in [0.717, 1.165) is 12.8 Å². The van der Waals surface area contributed by atoms with Gasteiger partial charge in [0.15, 0.2) is 0 Å². The van der Waals surface area contributed by atoms with Gasteiger partial charge in [0.25, 0.3) is 0 Å². The summed E-state index contributed by atoms with van der Waals surface area (Å²) in [7, 11) is -1.40. The van der Waals surface area contributed by atoms with E-state index < -0.39 is 16.7 Å². The van der Waals surface area contributed by atoms with Crippen molar-refractivity contribution in [1.82, 2.24) is 9.62 Å². The molecule has 0 saturated carbocycles. The van der Waals surface area contributed by atoms with Crippen molar-refractivity contribution in [2.24, 2.45) is 0 Å². The first-order valence-corrected chi connectivity index (χ1v) is 6.92. The van der Waals surface area contributed by atoms with E-state index >= 15 is 0 Å². The Hall–Kier alpha value is 0.0900. The molecule has 1 N–H and O–H groups in total. The molecule has 1 unspecified atom stereocenters. The maximum absolute atomic E-state index is 11.9. The summed E-state index contributed by atoms with van der Waals surface area (Å²) in [5.41, 5.74) is 0. The summed E-state index contributed by atoms with van der Waals surface area (Å²) < 4.78 is 36.9. The van der Waals surface area contributed by atoms with E-state index in [4.69, 9.17) is 0 Å². The summed E-state index contributed by atoms with van der Waals surface area (Å²) in [5.74, 6) is -0.0695. The molecule has 0 amide bonds. The Labute approximate surface area is 103 Å². The zero-order valence-electron chi connectivity index (χ0n) is 9.49. The zero-order chi connectivity index (χ0) is 11.3. The van der Waals surface area contributed by atoms with Gasteiger partial charge in [0.1, 0.15) is 0 Å². The maximum Gasteiger partial charge on any atom is 0.214 e. The van der Waals surface area contributed by atoms with E-state index in [1.54, 1.807) is 0 Å². The molecule has 0 aromatic heterocycles. The molecule has 0 aliphatic carbocycles. The molecule has 0 bridgehead atoms. The third-order valence-corrected chi connectivity index (χ3v) is 4.64. The minimum atomic E-state index is -3.24. The quantitative estimate of drug-likeness (QED) is 0.806. The molecule has 1 aliphatic rings. The number of alkyl halides is 1. The van der Waals surface area contributed by atoms with Gasteiger partial charge < -0.3 is 5.32 Å². The Kier molecular flexibility index (Phi) is 7.46. The molecule has 0 spiro atoms. The first-order valence-electron chi connectivity index (χ1n) is 5.31. The maximum atomic E-state index is 11.9. The topological polar surface area (TPSA) is 49.4 Å². The molecular formula is C9H20ClFN2O2S. The molecule has 0 aromatic rings. The van der Waals surface area contributed by atoms with Crippen LogP contribution in [0.1, 0.15) is 19.3 Å². The van der Waals surface area contributed by atoms with Crippen LogP contribution in [-0.2, 0) is 10.0 Å². The second-order valence-electron chi connectivity index (χ2n) is 3.84. The van der Waals surface area contributed by atoms with Crippen molar-refractivity contribution < 1.29 is 12.8 Å². The Morgan fingerprint density at radius 1 is 1.50 bits per heavy atom. The number of halogens is 2. The lowest BCUT2D eigenvalue weighted by atomic mass is 10.1. The van der Waals surface area contributed by atoms with Crippen molar-refractivity contribution in [1.29, 1.82) is 0 Å². The van der Waals surface area contributed by atoms with E-state index in [-0.39, 0.29) is 30.6 Å². The molecular weight excluding hydrogens is 255 g/mol. The number of nitrogens with zero attached hydrogens (tertiary/aromatic N) is 1. The third kappa shape index (κ3) is 4.53. The number of sulfonamides is 1. The van der Waals surface area contributed by atoms with Crippen LogP contribution in [-0.4, -0.2) is 51.3 Å². The van der Waals surface area contributed by atoms with E-state index in [1.807, 2.05) is 7.05 Å². The summed E-state index contributed by atoms with van der Waals surface area (Å²) in [4.78, 5) is 0. The van der Waals surface area contributed by atoms with Crippen molar-refractivity contribution in [3.8, 4) is 0 Å². The van der Waals surface area contributed by atoms with E-state index in [9.17, 15) is 12.8 Å². The average Bonchev–Trinajstić information content (AvgIpc) is 2.26. The van der Waals surface area contributed by atoms with Crippen LogP contribution in [0, 0.1) is 0 Å². The lowest BCUT2D eigenvalue weighted by molar-refractivity contribution is 0.292. The Balaban J connectivity index is 0.00000225. The summed E-state index contributed by atoms with van der Waals surface area (Å²) >= 11 is 0. The van der Waals surface area contributed by atoms with E-state index in [2.05, 4.69) is 5.32 Å². The lowest BCUT2D eigenvalue weighted by Crippen LogP contribution is -2.47. The molecule has 1 fully saturated rings. The van der Waals surface area contributed by atoms with Crippen molar-refractivity contribution in [3.05, 3.63) is 0 Å². The Morgan fingerprint density at radius 3 is 2.75 bits per heavy atom. The van der Waals surface area contributed by atoms with Gasteiger partial charge in [-0.3, -0.25) is 4.39 Å². The highest BCUT2D eigenvalue weighted by molar-refractivity contribution is 7.89. The fraction of sp³-hybridized carbons (Fsp3) is 1.00. The first kappa shape index (κ1) is 16.1. The summed E-state index contributed by atoms with van der Waals surface area (Å²) in [6.07, 6.45) is 1.98. The predicted octanol–water partition coefficient (Wildman–Crippen LogP) is 0.781. The molecule has 1 heterocycles. The number of piperidine rings is 1. The highest BCUT2D eigenvalue weighted by atomic mass is 35.5. The monoisotopic (exact) mass is 274 g/mol. The van der Waals surface area contributed by atoms with Crippen LogP contribution in [0.4, 0.5) is 4.39 Å². The van der Waals surface area contributed by atoms with Gasteiger partial charge in [0.2, 0.25) is 10.0 Å². The van der Waals surface area contributed by atoms with Gasteiger partial charge in [-0.25, -0.2) is 12.7 Å². The van der Waals surface area contributed by atoms with Crippen LogP contribution in [0.15, 0.2) is 0 Å². The van der Waals surface area contributed by atoms with Gasteiger partial charge in [-0.1, -0.05) is 0 Å². The number of rotatable bonds is 5. The van der Waals surface area contributed by atoms with E-state index in [1.165, 1.54) is 4.31 Å². The second kappa shape index (κ2) is 7.42. The van der Waals surface area contributed by atoms with E-state index in [0.29, 0.717) is 13.1 Å². The first-order chi connectivity index (χ1) is 7.10. The molecule has 1 rings (SSSR count). The third-order valence-electron chi connectivity index (χ3n) is 2.72. The average molecular weight is 275 g/mol. The van der Waals surface area contributed by atoms with Gasteiger partial charge >= 0.3 is 0 Å². The Morgan fingerprint density at radius 2 is 2.19 bits per heavy atom. The summed E-state index contributed by atoms with van der Waals surface area (Å²) in [5, 5.41) is 3.08. The number of hydrogen-bond acceptors (Lipinski definition) is 3. The van der Waals surface area contributed by atoms with Gasteiger partial charge in [0.05, 0.1) is 12.4 Å². The van der Waals surface area contributed by atoms with Gasteiger partial charge in [0, 0.05) is 19.1 Å². The predicted molar refractivity (Wildman–Crippen MR) is 65.3 cm³/mol. The highest BCUT2D eigenvalue weighted by Gasteiger charge is 2.27. The molecule has 0 aromatic carbocycles. The minimum absolute atomic E-state index is 0. The van der Waals surface area contributed by atoms with Gasteiger partial charge in [-0.2, -0.15) is 0 Å². The summed E-state index contributed by atoms with van der Waals surface area (Å²) in [6.45, 7) is 0.528.